The first-order valence-corrected chi connectivity index (χ1v) is 4.57. The van der Waals surface area contributed by atoms with Crippen LogP contribution in [-0.4, -0.2) is 14.2 Å². The fourth-order valence-electron chi connectivity index (χ4n) is 1.32. The van der Waals surface area contributed by atoms with E-state index >= 15 is 0 Å². The van der Waals surface area contributed by atoms with Crippen molar-refractivity contribution in [2.24, 2.45) is 0 Å². The Labute approximate surface area is 85.2 Å². The van der Waals surface area contributed by atoms with Crippen molar-refractivity contribution in [1.82, 2.24) is 0 Å². The topological polar surface area (TPSA) is 18.5 Å². The van der Waals surface area contributed by atoms with Crippen LogP contribution in [0.4, 0.5) is 0 Å². The highest BCUT2D eigenvalue weighted by atomic mass is 16.5. The average Bonchev–Trinajstić information content (AvgIpc) is 2.27. The lowest BCUT2D eigenvalue weighted by atomic mass is 10.00. The number of hydrogen-bond acceptors (Lipinski definition) is 2. The molecule has 76 valence electrons. The molecule has 0 saturated heterocycles. The minimum atomic E-state index is 0.264. The molecular weight excluding hydrogens is 176 g/mol. The maximum atomic E-state index is 5.26. The molecule has 0 spiro atoms. The number of benzene rings is 1. The van der Waals surface area contributed by atoms with Gasteiger partial charge in [-0.1, -0.05) is 13.0 Å². The molecule has 0 aliphatic rings. The van der Waals surface area contributed by atoms with Crippen LogP contribution < -0.4 is 9.47 Å². The maximum Gasteiger partial charge on any atom is 0.122 e. The molecule has 0 bridgehead atoms. The molecule has 0 heterocycles. The second-order valence-corrected chi connectivity index (χ2v) is 3.13. The Balaban J connectivity index is 3.14. The maximum absolute atomic E-state index is 5.26. The summed E-state index contributed by atoms with van der Waals surface area (Å²) in [6, 6.07) is 5.78. The van der Waals surface area contributed by atoms with Crippen molar-refractivity contribution in [3.8, 4) is 11.5 Å². The minimum Gasteiger partial charge on any atom is -0.497 e. The summed E-state index contributed by atoms with van der Waals surface area (Å²) in [7, 11) is 3.32. The molecule has 0 N–H and O–H groups in total. The van der Waals surface area contributed by atoms with E-state index in [1.54, 1.807) is 14.2 Å². The van der Waals surface area contributed by atoms with E-state index in [0.717, 1.165) is 17.1 Å². The smallest absolute Gasteiger partial charge is 0.122 e. The number of hydrogen-bond donors (Lipinski definition) is 0. The molecule has 14 heavy (non-hydrogen) atoms. The van der Waals surface area contributed by atoms with Gasteiger partial charge in [0, 0.05) is 11.5 Å². The number of ether oxygens (including phenoxy) is 2. The van der Waals surface area contributed by atoms with Crippen LogP contribution in [0.1, 0.15) is 18.4 Å². The molecule has 2 heteroatoms. The van der Waals surface area contributed by atoms with Gasteiger partial charge in [-0.05, 0) is 18.2 Å². The molecule has 0 aliphatic heterocycles. The van der Waals surface area contributed by atoms with Gasteiger partial charge in [-0.2, -0.15) is 0 Å². The lowest BCUT2D eigenvalue weighted by Crippen LogP contribution is -1.96. The van der Waals surface area contributed by atoms with Crippen LogP contribution >= 0.6 is 0 Å². The Hall–Kier alpha value is -1.44. The highest BCUT2D eigenvalue weighted by Gasteiger charge is 2.09. The van der Waals surface area contributed by atoms with Gasteiger partial charge >= 0.3 is 0 Å². The van der Waals surface area contributed by atoms with Gasteiger partial charge in [0.2, 0.25) is 0 Å². The zero-order chi connectivity index (χ0) is 10.6. The van der Waals surface area contributed by atoms with E-state index in [9.17, 15) is 0 Å². The van der Waals surface area contributed by atoms with Gasteiger partial charge < -0.3 is 9.47 Å². The van der Waals surface area contributed by atoms with E-state index in [0.29, 0.717) is 0 Å². The molecule has 1 atom stereocenters. The second-order valence-electron chi connectivity index (χ2n) is 3.13. The highest BCUT2D eigenvalue weighted by Crippen LogP contribution is 2.30. The predicted molar refractivity (Wildman–Crippen MR) is 58.2 cm³/mol. The third-order valence-corrected chi connectivity index (χ3v) is 2.28. The van der Waals surface area contributed by atoms with E-state index < -0.39 is 0 Å². The summed E-state index contributed by atoms with van der Waals surface area (Å²) in [5, 5.41) is 0. The number of rotatable bonds is 4. The summed E-state index contributed by atoms with van der Waals surface area (Å²) in [5.74, 6) is 1.98. The first-order valence-electron chi connectivity index (χ1n) is 4.57. The Morgan fingerprint density at radius 2 is 2.00 bits per heavy atom. The zero-order valence-corrected chi connectivity index (χ0v) is 8.91. The predicted octanol–water partition coefficient (Wildman–Crippen LogP) is 2.99. The van der Waals surface area contributed by atoms with Crippen LogP contribution in [0.15, 0.2) is 30.9 Å². The summed E-state index contributed by atoms with van der Waals surface area (Å²) < 4.78 is 10.4. The first kappa shape index (κ1) is 10.6. The van der Waals surface area contributed by atoms with Crippen LogP contribution in [0, 0.1) is 0 Å². The van der Waals surface area contributed by atoms with Crippen LogP contribution in [0.25, 0.3) is 0 Å². The van der Waals surface area contributed by atoms with E-state index in [2.05, 4.69) is 13.5 Å². The van der Waals surface area contributed by atoms with E-state index in [1.165, 1.54) is 0 Å². The molecule has 1 aromatic rings. The molecule has 0 amide bonds. The standard InChI is InChI=1S/C12H16O2/c1-5-9(2)11-8-10(13-3)6-7-12(11)14-4/h5-9H,1H2,2-4H3. The molecular formula is C12H16O2. The third kappa shape index (κ3) is 2.08. The van der Waals surface area contributed by atoms with Gasteiger partial charge in [-0.3, -0.25) is 0 Å². The highest BCUT2D eigenvalue weighted by molar-refractivity contribution is 5.43. The summed E-state index contributed by atoms with van der Waals surface area (Å²) in [4.78, 5) is 0. The van der Waals surface area contributed by atoms with Gasteiger partial charge in [0.15, 0.2) is 0 Å². The summed E-state index contributed by atoms with van der Waals surface area (Å²) >= 11 is 0. The van der Waals surface area contributed by atoms with E-state index in [4.69, 9.17) is 9.47 Å². The van der Waals surface area contributed by atoms with Gasteiger partial charge in [0.05, 0.1) is 14.2 Å². The fourth-order valence-corrected chi connectivity index (χ4v) is 1.32. The largest absolute Gasteiger partial charge is 0.497 e. The van der Waals surface area contributed by atoms with Crippen molar-refractivity contribution in [2.45, 2.75) is 12.8 Å². The SMILES string of the molecule is C=CC(C)c1cc(OC)ccc1OC. The molecule has 1 rings (SSSR count). The monoisotopic (exact) mass is 192 g/mol. The Morgan fingerprint density at radius 1 is 1.29 bits per heavy atom. The molecule has 0 aromatic heterocycles. The Morgan fingerprint density at radius 3 is 2.50 bits per heavy atom. The van der Waals surface area contributed by atoms with Gasteiger partial charge in [0.25, 0.3) is 0 Å². The van der Waals surface area contributed by atoms with Crippen molar-refractivity contribution in [3.63, 3.8) is 0 Å². The van der Waals surface area contributed by atoms with Crippen molar-refractivity contribution in [2.75, 3.05) is 14.2 Å². The summed E-state index contributed by atoms with van der Waals surface area (Å²) in [6.45, 7) is 5.85. The lowest BCUT2D eigenvalue weighted by molar-refractivity contribution is 0.398. The normalized spacial score (nSPS) is 11.9. The Bertz CT molecular complexity index is 318. The average molecular weight is 192 g/mol. The van der Waals surface area contributed by atoms with Crippen molar-refractivity contribution >= 4 is 0 Å². The molecule has 2 nitrogen and oxygen atoms in total. The van der Waals surface area contributed by atoms with Gasteiger partial charge in [0.1, 0.15) is 11.5 Å². The molecule has 1 unspecified atom stereocenters. The lowest BCUT2D eigenvalue weighted by Gasteiger charge is -2.13. The van der Waals surface area contributed by atoms with Crippen LogP contribution in [0.3, 0.4) is 0 Å². The molecule has 0 aliphatic carbocycles. The minimum absolute atomic E-state index is 0.264. The van der Waals surface area contributed by atoms with Crippen molar-refractivity contribution < 1.29 is 9.47 Å². The first-order chi connectivity index (χ1) is 6.72. The van der Waals surface area contributed by atoms with Crippen LogP contribution in [0.5, 0.6) is 11.5 Å². The summed E-state index contributed by atoms with van der Waals surface area (Å²) in [5.41, 5.74) is 1.10. The van der Waals surface area contributed by atoms with Crippen LogP contribution in [-0.2, 0) is 0 Å². The zero-order valence-electron chi connectivity index (χ0n) is 8.91. The Kier molecular flexibility index (Phi) is 3.57. The van der Waals surface area contributed by atoms with Crippen molar-refractivity contribution in [3.05, 3.63) is 36.4 Å². The quantitative estimate of drug-likeness (QED) is 0.683. The molecule has 1 aromatic carbocycles. The number of allylic oxidation sites excluding steroid dienone is 1. The fraction of sp³-hybridized carbons (Fsp3) is 0.333. The van der Waals surface area contributed by atoms with E-state index in [1.807, 2.05) is 24.3 Å². The molecule has 0 saturated carbocycles. The van der Waals surface area contributed by atoms with E-state index in [-0.39, 0.29) is 5.92 Å². The summed E-state index contributed by atoms with van der Waals surface area (Å²) in [6.07, 6.45) is 1.89. The molecule has 0 fully saturated rings. The second kappa shape index (κ2) is 4.70. The van der Waals surface area contributed by atoms with Gasteiger partial charge in [-0.25, -0.2) is 0 Å². The van der Waals surface area contributed by atoms with Gasteiger partial charge in [-0.15, -0.1) is 6.58 Å². The number of methoxy groups -OCH3 is 2. The van der Waals surface area contributed by atoms with Crippen LogP contribution in [0.2, 0.25) is 0 Å². The third-order valence-electron chi connectivity index (χ3n) is 2.28. The van der Waals surface area contributed by atoms with Crippen molar-refractivity contribution in [1.29, 1.82) is 0 Å². The molecule has 0 radical (unpaired) electrons.